The van der Waals surface area contributed by atoms with Gasteiger partial charge in [0, 0.05) is 0 Å². The van der Waals surface area contributed by atoms with Crippen LogP contribution in [0.5, 0.6) is 0 Å². The van der Waals surface area contributed by atoms with Gasteiger partial charge in [0.15, 0.2) is 0 Å². The Morgan fingerprint density at radius 2 is 1.56 bits per heavy atom. The van der Waals surface area contributed by atoms with E-state index in [-0.39, 0.29) is 19.2 Å². The number of esters is 3. The summed E-state index contributed by atoms with van der Waals surface area (Å²) in [7, 11) is 1.18. The fourth-order valence-corrected chi connectivity index (χ4v) is 0.871. The fraction of sp³-hybridized carbons (Fsp3) is 0.750. The van der Waals surface area contributed by atoms with Crippen molar-refractivity contribution in [2.24, 2.45) is 5.41 Å². The first kappa shape index (κ1) is 16.4. The number of hydrogen-bond acceptors (Lipinski definition) is 6. The summed E-state index contributed by atoms with van der Waals surface area (Å²) < 4.78 is 13.9. The highest BCUT2D eigenvalue weighted by Gasteiger charge is 2.26. The maximum absolute atomic E-state index is 11.5. The van der Waals surface area contributed by atoms with Gasteiger partial charge in [-0.15, -0.1) is 0 Å². The normalized spacial score (nSPS) is 10.7. The molecule has 0 aliphatic heterocycles. The molecule has 6 nitrogen and oxygen atoms in total. The molecule has 18 heavy (non-hydrogen) atoms. The summed E-state index contributed by atoms with van der Waals surface area (Å²) in [5.74, 6) is -1.70. The van der Waals surface area contributed by atoms with Crippen LogP contribution in [0.15, 0.2) is 0 Å². The summed E-state index contributed by atoms with van der Waals surface area (Å²) in [6.45, 7) is 5.35. The van der Waals surface area contributed by atoms with E-state index in [0.29, 0.717) is 6.42 Å². The minimum absolute atomic E-state index is 0.0187. The summed E-state index contributed by atoms with van der Waals surface area (Å²) >= 11 is 0. The van der Waals surface area contributed by atoms with Crippen LogP contribution in [0.2, 0.25) is 0 Å². The molecule has 0 aromatic heterocycles. The highest BCUT2D eigenvalue weighted by atomic mass is 16.6. The van der Waals surface area contributed by atoms with Crippen molar-refractivity contribution in [3.8, 4) is 0 Å². The van der Waals surface area contributed by atoms with Gasteiger partial charge in [0.1, 0.15) is 19.6 Å². The second-order valence-electron chi connectivity index (χ2n) is 4.35. The Kier molecular flexibility index (Phi) is 7.00. The van der Waals surface area contributed by atoms with Crippen molar-refractivity contribution in [2.45, 2.75) is 33.6 Å². The van der Waals surface area contributed by atoms with Gasteiger partial charge in [-0.2, -0.15) is 0 Å². The second kappa shape index (κ2) is 7.68. The maximum atomic E-state index is 11.5. The number of carbonyl (C=O) groups is 3. The van der Waals surface area contributed by atoms with Gasteiger partial charge in [0.2, 0.25) is 0 Å². The molecule has 0 aliphatic rings. The standard InChI is InChI=1S/C12H20O6/c1-5-12(2,3)11(15)18-7-6-17-10(14)8-9(13)16-4/h5-8H2,1-4H3. The Labute approximate surface area is 107 Å². The lowest BCUT2D eigenvalue weighted by Crippen LogP contribution is -2.27. The smallest absolute Gasteiger partial charge is 0.317 e. The largest absolute Gasteiger partial charge is 0.469 e. The average Bonchev–Trinajstić information content (AvgIpc) is 2.33. The lowest BCUT2D eigenvalue weighted by Gasteiger charge is -2.20. The minimum atomic E-state index is -0.701. The molecule has 104 valence electrons. The highest BCUT2D eigenvalue weighted by Crippen LogP contribution is 2.21. The summed E-state index contributed by atoms with van der Waals surface area (Å²) in [6, 6.07) is 0. The highest BCUT2D eigenvalue weighted by molar-refractivity contribution is 5.91. The summed E-state index contributed by atoms with van der Waals surface area (Å²) in [4.78, 5) is 33.3. The Balaban J connectivity index is 3.78. The van der Waals surface area contributed by atoms with Crippen LogP contribution >= 0.6 is 0 Å². The molecular weight excluding hydrogens is 240 g/mol. The number of hydrogen-bond donors (Lipinski definition) is 0. The van der Waals surface area contributed by atoms with Gasteiger partial charge in [-0.3, -0.25) is 14.4 Å². The van der Waals surface area contributed by atoms with Crippen molar-refractivity contribution in [1.82, 2.24) is 0 Å². The third kappa shape index (κ3) is 6.22. The molecule has 0 saturated carbocycles. The van der Waals surface area contributed by atoms with E-state index in [2.05, 4.69) is 4.74 Å². The Morgan fingerprint density at radius 1 is 1.00 bits per heavy atom. The van der Waals surface area contributed by atoms with E-state index in [1.165, 1.54) is 7.11 Å². The topological polar surface area (TPSA) is 78.9 Å². The molecule has 0 spiro atoms. The van der Waals surface area contributed by atoms with Crippen molar-refractivity contribution in [1.29, 1.82) is 0 Å². The van der Waals surface area contributed by atoms with Crippen molar-refractivity contribution < 1.29 is 28.6 Å². The Bertz CT molecular complexity index is 308. The molecule has 0 N–H and O–H groups in total. The second-order valence-corrected chi connectivity index (χ2v) is 4.35. The first-order chi connectivity index (χ1) is 8.33. The molecule has 0 unspecified atom stereocenters. The van der Waals surface area contributed by atoms with E-state index in [0.717, 1.165) is 0 Å². The SMILES string of the molecule is CCC(C)(C)C(=O)OCCOC(=O)CC(=O)OC. The van der Waals surface area contributed by atoms with E-state index in [4.69, 9.17) is 9.47 Å². The number of ether oxygens (including phenoxy) is 3. The molecule has 6 heteroatoms. The van der Waals surface area contributed by atoms with E-state index in [9.17, 15) is 14.4 Å². The van der Waals surface area contributed by atoms with E-state index in [1.54, 1.807) is 13.8 Å². The molecule has 0 heterocycles. The molecule has 0 rings (SSSR count). The lowest BCUT2D eigenvalue weighted by molar-refractivity contribution is -0.161. The Morgan fingerprint density at radius 3 is 2.06 bits per heavy atom. The lowest BCUT2D eigenvalue weighted by atomic mass is 9.91. The molecule has 0 amide bonds. The number of rotatable bonds is 7. The van der Waals surface area contributed by atoms with Gasteiger partial charge in [-0.05, 0) is 20.3 Å². The molecular formula is C12H20O6. The van der Waals surface area contributed by atoms with Crippen LogP contribution in [0.3, 0.4) is 0 Å². The third-order valence-electron chi connectivity index (χ3n) is 2.53. The average molecular weight is 260 g/mol. The van der Waals surface area contributed by atoms with Crippen LogP contribution < -0.4 is 0 Å². The van der Waals surface area contributed by atoms with E-state index < -0.39 is 23.8 Å². The van der Waals surface area contributed by atoms with Crippen LogP contribution in [0.1, 0.15) is 33.6 Å². The number of methoxy groups -OCH3 is 1. The zero-order chi connectivity index (χ0) is 14.2. The maximum Gasteiger partial charge on any atom is 0.317 e. The minimum Gasteiger partial charge on any atom is -0.469 e. The third-order valence-corrected chi connectivity index (χ3v) is 2.53. The summed E-state index contributed by atoms with van der Waals surface area (Å²) in [5, 5.41) is 0. The first-order valence-corrected chi connectivity index (χ1v) is 5.73. The quantitative estimate of drug-likeness (QED) is 0.295. The first-order valence-electron chi connectivity index (χ1n) is 5.73. The van der Waals surface area contributed by atoms with Gasteiger partial charge in [0.25, 0.3) is 0 Å². The zero-order valence-corrected chi connectivity index (χ0v) is 11.3. The fourth-order valence-electron chi connectivity index (χ4n) is 0.871. The Hall–Kier alpha value is -1.59. The molecule has 0 fully saturated rings. The monoisotopic (exact) mass is 260 g/mol. The molecule has 0 bridgehead atoms. The van der Waals surface area contributed by atoms with E-state index in [1.807, 2.05) is 6.92 Å². The molecule has 0 radical (unpaired) electrons. The van der Waals surface area contributed by atoms with Crippen molar-refractivity contribution in [3.63, 3.8) is 0 Å². The zero-order valence-electron chi connectivity index (χ0n) is 11.3. The van der Waals surface area contributed by atoms with Crippen molar-refractivity contribution >= 4 is 17.9 Å². The molecule has 0 aliphatic carbocycles. The van der Waals surface area contributed by atoms with Gasteiger partial charge in [-0.1, -0.05) is 6.92 Å². The number of carbonyl (C=O) groups excluding carboxylic acids is 3. The van der Waals surface area contributed by atoms with Crippen LogP contribution in [0.25, 0.3) is 0 Å². The van der Waals surface area contributed by atoms with Gasteiger partial charge in [-0.25, -0.2) is 0 Å². The molecule has 0 atom stereocenters. The van der Waals surface area contributed by atoms with Gasteiger partial charge >= 0.3 is 17.9 Å². The predicted octanol–water partition coefficient (Wildman–Crippen LogP) is 1.07. The van der Waals surface area contributed by atoms with Crippen molar-refractivity contribution in [3.05, 3.63) is 0 Å². The molecule has 0 aromatic rings. The van der Waals surface area contributed by atoms with E-state index >= 15 is 0 Å². The van der Waals surface area contributed by atoms with Gasteiger partial charge in [0.05, 0.1) is 12.5 Å². The van der Waals surface area contributed by atoms with Crippen molar-refractivity contribution in [2.75, 3.05) is 20.3 Å². The van der Waals surface area contributed by atoms with Crippen LogP contribution in [-0.4, -0.2) is 38.2 Å². The molecule has 0 saturated heterocycles. The van der Waals surface area contributed by atoms with Crippen LogP contribution in [0.4, 0.5) is 0 Å². The summed E-state index contributed by atoms with van der Waals surface area (Å²) in [6.07, 6.45) is 0.221. The summed E-state index contributed by atoms with van der Waals surface area (Å²) in [5.41, 5.74) is -0.546. The van der Waals surface area contributed by atoms with Crippen LogP contribution in [0, 0.1) is 5.41 Å². The molecule has 0 aromatic carbocycles. The predicted molar refractivity (Wildman–Crippen MR) is 62.6 cm³/mol. The van der Waals surface area contributed by atoms with Crippen LogP contribution in [-0.2, 0) is 28.6 Å². The van der Waals surface area contributed by atoms with Gasteiger partial charge < -0.3 is 14.2 Å².